The van der Waals surface area contributed by atoms with Crippen LogP contribution in [-0.2, 0) is 16.0 Å². The first-order valence-corrected chi connectivity index (χ1v) is 5.84. The summed E-state index contributed by atoms with van der Waals surface area (Å²) in [5.41, 5.74) is 1.21. The van der Waals surface area contributed by atoms with Crippen LogP contribution in [0.4, 0.5) is 0 Å². The fraction of sp³-hybridized carbons (Fsp3) is 0.357. The highest BCUT2D eigenvalue weighted by Gasteiger charge is 2.17. The van der Waals surface area contributed by atoms with Crippen molar-refractivity contribution in [1.29, 1.82) is 5.26 Å². The number of esters is 1. The lowest BCUT2D eigenvalue weighted by atomic mass is 9.95. The third-order valence-electron chi connectivity index (χ3n) is 2.51. The van der Waals surface area contributed by atoms with Gasteiger partial charge in [0.2, 0.25) is 0 Å². The van der Waals surface area contributed by atoms with Crippen molar-refractivity contribution in [2.24, 2.45) is 0 Å². The molecule has 0 atom stereocenters. The number of carbonyl (C=O) groups is 2. The number of hydrogen-bond donors (Lipinski definition) is 0. The Kier molecular flexibility index (Phi) is 5.06. The fourth-order valence-electron chi connectivity index (χ4n) is 1.71. The summed E-state index contributed by atoms with van der Waals surface area (Å²) in [6.07, 6.45) is 0.318. The second-order valence-corrected chi connectivity index (χ2v) is 3.71. The van der Waals surface area contributed by atoms with Crippen LogP contribution in [0.2, 0.25) is 0 Å². The van der Waals surface area contributed by atoms with E-state index in [1.54, 1.807) is 32.0 Å². The van der Waals surface area contributed by atoms with Gasteiger partial charge in [0.05, 0.1) is 24.7 Å². The average molecular weight is 245 g/mol. The standard InChI is InChI=1S/C14H15NO3/c1-3-12(16)14-10(8-13(17)18-4-2)6-5-7-11(14)9-15/h5-7H,3-4,8H2,1-2H3. The van der Waals surface area contributed by atoms with E-state index in [4.69, 9.17) is 10.00 Å². The molecule has 0 aliphatic carbocycles. The van der Waals surface area contributed by atoms with Gasteiger partial charge in [-0.1, -0.05) is 19.1 Å². The van der Waals surface area contributed by atoms with Crippen LogP contribution >= 0.6 is 0 Å². The van der Waals surface area contributed by atoms with E-state index >= 15 is 0 Å². The van der Waals surface area contributed by atoms with E-state index < -0.39 is 5.97 Å². The Morgan fingerprint density at radius 2 is 2.06 bits per heavy atom. The molecular weight excluding hydrogens is 230 g/mol. The highest BCUT2D eigenvalue weighted by atomic mass is 16.5. The third kappa shape index (κ3) is 3.17. The number of nitriles is 1. The van der Waals surface area contributed by atoms with Crippen LogP contribution in [0.1, 0.15) is 41.8 Å². The molecule has 0 aliphatic heterocycles. The van der Waals surface area contributed by atoms with Crippen LogP contribution in [0.5, 0.6) is 0 Å². The van der Waals surface area contributed by atoms with E-state index in [1.165, 1.54) is 0 Å². The number of Topliss-reactive ketones (excluding diaryl/α,β-unsaturated/α-hetero) is 1. The second kappa shape index (κ2) is 6.55. The SMILES string of the molecule is CCOC(=O)Cc1cccc(C#N)c1C(=O)CC. The van der Waals surface area contributed by atoms with Gasteiger partial charge in [-0.2, -0.15) is 5.26 Å². The molecule has 0 heterocycles. The minimum absolute atomic E-state index is 0.0183. The first-order chi connectivity index (χ1) is 8.63. The molecular formula is C14H15NO3. The summed E-state index contributed by atoms with van der Waals surface area (Å²) < 4.78 is 4.85. The summed E-state index contributed by atoms with van der Waals surface area (Å²) in [6.45, 7) is 3.75. The van der Waals surface area contributed by atoms with Crippen molar-refractivity contribution in [2.45, 2.75) is 26.7 Å². The topological polar surface area (TPSA) is 67.2 Å². The quantitative estimate of drug-likeness (QED) is 0.589. The van der Waals surface area contributed by atoms with E-state index in [-0.39, 0.29) is 12.2 Å². The van der Waals surface area contributed by atoms with Gasteiger partial charge in [-0.25, -0.2) is 0 Å². The zero-order valence-corrected chi connectivity index (χ0v) is 10.5. The minimum atomic E-state index is -0.391. The highest BCUT2D eigenvalue weighted by Crippen LogP contribution is 2.17. The predicted octanol–water partition coefficient (Wildman–Crippen LogP) is 2.26. The van der Waals surface area contributed by atoms with Crippen molar-refractivity contribution < 1.29 is 14.3 Å². The van der Waals surface area contributed by atoms with E-state index in [0.29, 0.717) is 29.7 Å². The molecule has 94 valence electrons. The molecule has 0 N–H and O–H groups in total. The van der Waals surface area contributed by atoms with Crippen LogP contribution in [0.25, 0.3) is 0 Å². The molecule has 4 heteroatoms. The maximum atomic E-state index is 11.9. The van der Waals surface area contributed by atoms with Crippen molar-refractivity contribution in [2.75, 3.05) is 6.61 Å². The van der Waals surface area contributed by atoms with E-state index in [2.05, 4.69) is 0 Å². The molecule has 0 saturated carbocycles. The van der Waals surface area contributed by atoms with Crippen LogP contribution < -0.4 is 0 Å². The molecule has 0 unspecified atom stereocenters. The molecule has 1 rings (SSSR count). The van der Waals surface area contributed by atoms with Gasteiger partial charge in [0.25, 0.3) is 0 Å². The van der Waals surface area contributed by atoms with Crippen molar-refractivity contribution in [3.63, 3.8) is 0 Å². The maximum Gasteiger partial charge on any atom is 0.310 e. The van der Waals surface area contributed by atoms with Crippen LogP contribution in [0.3, 0.4) is 0 Å². The number of carbonyl (C=O) groups excluding carboxylic acids is 2. The molecule has 0 amide bonds. The molecule has 1 aromatic carbocycles. The van der Waals surface area contributed by atoms with Crippen molar-refractivity contribution in [3.8, 4) is 6.07 Å². The zero-order chi connectivity index (χ0) is 13.5. The normalized spacial score (nSPS) is 9.61. The smallest absolute Gasteiger partial charge is 0.310 e. The van der Waals surface area contributed by atoms with E-state index in [9.17, 15) is 9.59 Å². The van der Waals surface area contributed by atoms with Gasteiger partial charge < -0.3 is 4.74 Å². The van der Waals surface area contributed by atoms with E-state index in [1.807, 2.05) is 6.07 Å². The van der Waals surface area contributed by atoms with Crippen LogP contribution in [-0.4, -0.2) is 18.4 Å². The predicted molar refractivity (Wildman–Crippen MR) is 66.1 cm³/mol. The molecule has 18 heavy (non-hydrogen) atoms. The zero-order valence-electron chi connectivity index (χ0n) is 10.5. The summed E-state index contributed by atoms with van der Waals surface area (Å²) in [7, 11) is 0. The lowest BCUT2D eigenvalue weighted by Crippen LogP contribution is -2.12. The Labute approximate surface area is 106 Å². The van der Waals surface area contributed by atoms with Gasteiger partial charge in [0.1, 0.15) is 0 Å². The van der Waals surface area contributed by atoms with Gasteiger partial charge in [-0.3, -0.25) is 9.59 Å². The number of nitrogens with zero attached hydrogens (tertiary/aromatic N) is 1. The number of hydrogen-bond acceptors (Lipinski definition) is 4. The van der Waals surface area contributed by atoms with Crippen molar-refractivity contribution >= 4 is 11.8 Å². The van der Waals surface area contributed by atoms with Gasteiger partial charge in [0, 0.05) is 12.0 Å². The second-order valence-electron chi connectivity index (χ2n) is 3.71. The average Bonchev–Trinajstić information content (AvgIpc) is 2.37. The van der Waals surface area contributed by atoms with Gasteiger partial charge >= 0.3 is 5.97 Å². The maximum absolute atomic E-state index is 11.9. The molecule has 0 fully saturated rings. The summed E-state index contributed by atoms with van der Waals surface area (Å²) in [5.74, 6) is -0.524. The van der Waals surface area contributed by atoms with Crippen molar-refractivity contribution in [3.05, 3.63) is 34.9 Å². The summed E-state index contributed by atoms with van der Waals surface area (Å²) in [4.78, 5) is 23.3. The first-order valence-electron chi connectivity index (χ1n) is 5.84. The Bertz CT molecular complexity index is 500. The number of ether oxygens (including phenoxy) is 1. The minimum Gasteiger partial charge on any atom is -0.466 e. The number of rotatable bonds is 5. The van der Waals surface area contributed by atoms with E-state index in [0.717, 1.165) is 0 Å². The fourth-order valence-corrected chi connectivity index (χ4v) is 1.71. The summed E-state index contributed by atoms with van der Waals surface area (Å²) >= 11 is 0. The van der Waals surface area contributed by atoms with Gasteiger partial charge in [0.15, 0.2) is 5.78 Å². The first kappa shape index (κ1) is 13.9. The van der Waals surface area contributed by atoms with Crippen LogP contribution in [0.15, 0.2) is 18.2 Å². The lowest BCUT2D eigenvalue weighted by Gasteiger charge is -2.09. The Morgan fingerprint density at radius 1 is 1.33 bits per heavy atom. The molecule has 1 aromatic rings. The largest absolute Gasteiger partial charge is 0.466 e. The molecule has 0 aliphatic rings. The van der Waals surface area contributed by atoms with Gasteiger partial charge in [-0.05, 0) is 18.6 Å². The van der Waals surface area contributed by atoms with Crippen LogP contribution in [0, 0.1) is 11.3 Å². The number of benzene rings is 1. The molecule has 0 bridgehead atoms. The van der Waals surface area contributed by atoms with Gasteiger partial charge in [-0.15, -0.1) is 0 Å². The number of ketones is 1. The van der Waals surface area contributed by atoms with Crippen molar-refractivity contribution in [1.82, 2.24) is 0 Å². The molecule has 0 aromatic heterocycles. The summed E-state index contributed by atoms with van der Waals surface area (Å²) in [5, 5.41) is 9.01. The third-order valence-corrected chi connectivity index (χ3v) is 2.51. The Morgan fingerprint density at radius 3 is 2.61 bits per heavy atom. The molecule has 0 saturated heterocycles. The Hall–Kier alpha value is -2.15. The molecule has 0 radical (unpaired) electrons. The highest BCUT2D eigenvalue weighted by molar-refractivity contribution is 6.00. The summed E-state index contributed by atoms with van der Waals surface area (Å²) in [6, 6.07) is 6.91. The molecule has 4 nitrogen and oxygen atoms in total. The Balaban J connectivity index is 3.15. The monoisotopic (exact) mass is 245 g/mol. The molecule has 0 spiro atoms. The lowest BCUT2D eigenvalue weighted by molar-refractivity contribution is -0.142.